The van der Waals surface area contributed by atoms with Gasteiger partial charge in [-0.1, -0.05) is 70.9 Å². The van der Waals surface area contributed by atoms with Gasteiger partial charge in [0.25, 0.3) is 0 Å². The molecule has 20 heavy (non-hydrogen) atoms. The van der Waals surface area contributed by atoms with E-state index in [0.717, 1.165) is 13.0 Å². The van der Waals surface area contributed by atoms with Gasteiger partial charge in [0.1, 0.15) is 0 Å². The molecular formula is C18H22BrN. The topological polar surface area (TPSA) is 12.0 Å². The highest BCUT2D eigenvalue weighted by atomic mass is 79.9. The summed E-state index contributed by atoms with van der Waals surface area (Å²) in [6.07, 6.45) is 1.13. The third kappa shape index (κ3) is 3.50. The fourth-order valence-corrected chi connectivity index (χ4v) is 2.84. The molecule has 0 aliphatic rings. The highest BCUT2D eigenvalue weighted by molar-refractivity contribution is 9.10. The Bertz CT molecular complexity index is 560. The molecule has 0 spiro atoms. The summed E-state index contributed by atoms with van der Waals surface area (Å²) in [5.41, 5.74) is 5.20. The molecule has 2 aromatic rings. The van der Waals surface area contributed by atoms with Crippen molar-refractivity contribution in [2.45, 2.75) is 33.2 Å². The van der Waals surface area contributed by atoms with Crippen molar-refractivity contribution in [3.8, 4) is 0 Å². The van der Waals surface area contributed by atoms with Gasteiger partial charge in [0, 0.05) is 4.47 Å². The van der Waals surface area contributed by atoms with Gasteiger partial charge in [0.15, 0.2) is 0 Å². The molecule has 1 unspecified atom stereocenters. The van der Waals surface area contributed by atoms with Gasteiger partial charge < -0.3 is 5.32 Å². The molecule has 0 amide bonds. The van der Waals surface area contributed by atoms with Gasteiger partial charge in [-0.3, -0.25) is 0 Å². The Morgan fingerprint density at radius 2 is 1.75 bits per heavy atom. The maximum Gasteiger partial charge on any atom is 0.0587 e. The lowest BCUT2D eigenvalue weighted by Crippen LogP contribution is -2.23. The first-order valence-electron chi connectivity index (χ1n) is 7.18. The quantitative estimate of drug-likeness (QED) is 0.798. The molecule has 1 atom stereocenters. The lowest BCUT2D eigenvalue weighted by atomic mass is 9.96. The van der Waals surface area contributed by atoms with Crippen LogP contribution in [0.3, 0.4) is 0 Å². The second-order valence-corrected chi connectivity index (χ2v) is 6.07. The van der Waals surface area contributed by atoms with Crippen molar-refractivity contribution in [1.82, 2.24) is 5.32 Å². The molecule has 1 nitrogen and oxygen atoms in total. The first kappa shape index (κ1) is 15.3. The van der Waals surface area contributed by atoms with Crippen LogP contribution in [0.5, 0.6) is 0 Å². The van der Waals surface area contributed by atoms with E-state index in [1.54, 1.807) is 0 Å². The molecule has 2 aromatic carbocycles. The predicted octanol–water partition coefficient (Wildman–Crippen LogP) is 5.15. The summed E-state index contributed by atoms with van der Waals surface area (Å²) in [6, 6.07) is 15.5. The number of halogens is 1. The Labute approximate surface area is 130 Å². The largest absolute Gasteiger partial charge is 0.306 e. The molecule has 0 fully saturated rings. The van der Waals surface area contributed by atoms with Crippen molar-refractivity contribution in [2.75, 3.05) is 6.54 Å². The van der Waals surface area contributed by atoms with Gasteiger partial charge in [0.05, 0.1) is 6.04 Å². The number of hydrogen-bond acceptors (Lipinski definition) is 1. The average molecular weight is 332 g/mol. The summed E-state index contributed by atoms with van der Waals surface area (Å²) in [7, 11) is 0. The van der Waals surface area contributed by atoms with Gasteiger partial charge in [-0.15, -0.1) is 0 Å². The van der Waals surface area contributed by atoms with Crippen LogP contribution in [-0.4, -0.2) is 6.54 Å². The summed E-state index contributed by atoms with van der Waals surface area (Å²) in [5.74, 6) is 0. The van der Waals surface area contributed by atoms with Gasteiger partial charge in [-0.05, 0) is 43.5 Å². The predicted molar refractivity (Wildman–Crippen MR) is 90.2 cm³/mol. The first-order valence-corrected chi connectivity index (χ1v) is 7.97. The fourth-order valence-electron chi connectivity index (χ4n) is 2.35. The molecule has 0 aliphatic carbocycles. The summed E-state index contributed by atoms with van der Waals surface area (Å²) >= 11 is 3.74. The highest BCUT2D eigenvalue weighted by Gasteiger charge is 2.16. The van der Waals surface area contributed by atoms with Crippen molar-refractivity contribution < 1.29 is 0 Å². The standard InChI is InChI=1S/C18H22BrN/c1-4-12-20-18(15-10-8-13(2)9-11-15)16-7-5-6-14(3)17(16)19/h5-11,18,20H,4,12H2,1-3H3. The van der Waals surface area contributed by atoms with E-state index in [-0.39, 0.29) is 6.04 Å². The summed E-state index contributed by atoms with van der Waals surface area (Å²) < 4.78 is 1.20. The SMILES string of the molecule is CCCNC(c1ccc(C)cc1)c1cccc(C)c1Br. The van der Waals surface area contributed by atoms with Gasteiger partial charge in [-0.2, -0.15) is 0 Å². The Morgan fingerprint density at radius 1 is 1.05 bits per heavy atom. The summed E-state index contributed by atoms with van der Waals surface area (Å²) in [4.78, 5) is 0. The molecule has 0 saturated heterocycles. The molecule has 106 valence electrons. The molecule has 1 N–H and O–H groups in total. The van der Waals surface area contributed by atoms with E-state index >= 15 is 0 Å². The van der Waals surface area contributed by atoms with Crippen LogP contribution in [0.25, 0.3) is 0 Å². The second kappa shape index (κ2) is 7.05. The van der Waals surface area contributed by atoms with Gasteiger partial charge in [0.2, 0.25) is 0 Å². The van der Waals surface area contributed by atoms with Crippen LogP contribution in [-0.2, 0) is 0 Å². The Hall–Kier alpha value is -1.12. The van der Waals surface area contributed by atoms with Gasteiger partial charge in [-0.25, -0.2) is 0 Å². The zero-order chi connectivity index (χ0) is 14.5. The Morgan fingerprint density at radius 3 is 2.40 bits per heavy atom. The van der Waals surface area contributed by atoms with Crippen LogP contribution in [0.4, 0.5) is 0 Å². The van der Waals surface area contributed by atoms with Crippen molar-refractivity contribution in [3.05, 3.63) is 69.2 Å². The van der Waals surface area contributed by atoms with Crippen molar-refractivity contribution >= 4 is 15.9 Å². The molecule has 0 aliphatic heterocycles. The summed E-state index contributed by atoms with van der Waals surface area (Å²) in [5, 5.41) is 3.66. The zero-order valence-electron chi connectivity index (χ0n) is 12.4. The summed E-state index contributed by atoms with van der Waals surface area (Å²) in [6.45, 7) is 7.48. The molecule has 0 saturated carbocycles. The first-order chi connectivity index (χ1) is 9.63. The van der Waals surface area contributed by atoms with Crippen molar-refractivity contribution in [2.24, 2.45) is 0 Å². The number of aryl methyl sites for hydroxylation is 2. The third-order valence-corrected chi connectivity index (χ3v) is 4.63. The molecule has 2 heteroatoms. The molecule has 0 heterocycles. The van der Waals surface area contributed by atoms with Crippen LogP contribution < -0.4 is 5.32 Å². The number of hydrogen-bond donors (Lipinski definition) is 1. The van der Waals surface area contributed by atoms with Crippen LogP contribution in [0.15, 0.2) is 46.9 Å². The smallest absolute Gasteiger partial charge is 0.0587 e. The monoisotopic (exact) mass is 331 g/mol. The number of benzene rings is 2. The normalized spacial score (nSPS) is 12.4. The second-order valence-electron chi connectivity index (χ2n) is 5.28. The van der Waals surface area contributed by atoms with Crippen LogP contribution in [0, 0.1) is 13.8 Å². The minimum Gasteiger partial charge on any atom is -0.306 e. The van der Waals surface area contributed by atoms with Gasteiger partial charge >= 0.3 is 0 Å². The van der Waals surface area contributed by atoms with Crippen LogP contribution >= 0.6 is 15.9 Å². The molecule has 0 aromatic heterocycles. The minimum absolute atomic E-state index is 0.241. The maximum atomic E-state index is 3.74. The number of nitrogens with one attached hydrogen (secondary N) is 1. The van der Waals surface area contributed by atoms with E-state index in [0.29, 0.717) is 0 Å². The van der Waals surface area contributed by atoms with Crippen molar-refractivity contribution in [3.63, 3.8) is 0 Å². The van der Waals surface area contributed by atoms with E-state index in [4.69, 9.17) is 0 Å². The molecule has 0 bridgehead atoms. The zero-order valence-corrected chi connectivity index (χ0v) is 14.0. The van der Waals surface area contributed by atoms with E-state index in [9.17, 15) is 0 Å². The average Bonchev–Trinajstić information content (AvgIpc) is 2.45. The van der Waals surface area contributed by atoms with E-state index < -0.39 is 0 Å². The van der Waals surface area contributed by atoms with E-state index in [1.807, 2.05) is 0 Å². The van der Waals surface area contributed by atoms with Crippen molar-refractivity contribution in [1.29, 1.82) is 0 Å². The maximum absolute atomic E-state index is 3.74. The Balaban J connectivity index is 2.41. The van der Waals surface area contributed by atoms with Crippen LogP contribution in [0.1, 0.15) is 41.6 Å². The fraction of sp³-hybridized carbons (Fsp3) is 0.333. The number of rotatable bonds is 5. The third-order valence-electron chi connectivity index (χ3n) is 3.54. The Kier molecular flexibility index (Phi) is 5.38. The minimum atomic E-state index is 0.241. The molecule has 0 radical (unpaired) electrons. The lowest BCUT2D eigenvalue weighted by Gasteiger charge is -2.22. The van der Waals surface area contributed by atoms with Crippen LogP contribution in [0.2, 0.25) is 0 Å². The lowest BCUT2D eigenvalue weighted by molar-refractivity contribution is 0.596. The van der Waals surface area contributed by atoms with E-state index in [1.165, 1.54) is 26.7 Å². The van der Waals surface area contributed by atoms with E-state index in [2.05, 4.69) is 84.5 Å². The molecular weight excluding hydrogens is 310 g/mol. The highest BCUT2D eigenvalue weighted by Crippen LogP contribution is 2.31. The molecule has 2 rings (SSSR count).